The molecule has 34 valence electrons. The second-order valence-electron chi connectivity index (χ2n) is 0.924. The van der Waals surface area contributed by atoms with Gasteiger partial charge >= 0.3 is 0 Å². The minimum Gasteiger partial charge on any atom is -0.317 e. The van der Waals surface area contributed by atoms with Gasteiger partial charge in [0, 0.05) is 12.3 Å². The summed E-state index contributed by atoms with van der Waals surface area (Å²) in [6.45, 7) is 6.85. The van der Waals surface area contributed by atoms with Crippen LogP contribution in [0.4, 0.5) is 0 Å². The van der Waals surface area contributed by atoms with Gasteiger partial charge in [-0.05, 0) is 0 Å². The Hall–Kier alpha value is -0.220. The van der Waals surface area contributed by atoms with Crippen LogP contribution < -0.4 is 0 Å². The van der Waals surface area contributed by atoms with Crippen molar-refractivity contribution in [2.75, 3.05) is 12.4 Å². The number of halogens is 1. The van der Waals surface area contributed by atoms with E-state index in [0.717, 1.165) is 6.42 Å². The monoisotopic (exact) mass is 103 g/mol. The van der Waals surface area contributed by atoms with E-state index >= 15 is 0 Å². The Bertz CT molecular complexity index is 55.1. The molecule has 0 saturated carbocycles. The highest BCUT2D eigenvalue weighted by Gasteiger charge is 1.79. The van der Waals surface area contributed by atoms with Gasteiger partial charge in [0.2, 0.25) is 6.54 Å². The van der Waals surface area contributed by atoms with Gasteiger partial charge in [-0.1, -0.05) is 0 Å². The fourth-order valence-electron chi connectivity index (χ4n) is 0.139. The lowest BCUT2D eigenvalue weighted by Gasteiger charge is -1.74. The molecule has 0 spiro atoms. The summed E-state index contributed by atoms with van der Waals surface area (Å²) in [6.07, 6.45) is 0.824. The Labute approximate surface area is 42.7 Å². The van der Waals surface area contributed by atoms with E-state index in [1.54, 1.807) is 0 Å². The van der Waals surface area contributed by atoms with Crippen molar-refractivity contribution in [3.63, 3.8) is 0 Å². The first-order valence-electron chi connectivity index (χ1n) is 1.81. The van der Waals surface area contributed by atoms with Gasteiger partial charge in [0.1, 0.15) is 0 Å². The topological polar surface area (TPSA) is 4.36 Å². The molecule has 6 heavy (non-hydrogen) atoms. The second-order valence-corrected chi connectivity index (χ2v) is 1.30. The predicted octanol–water partition coefficient (Wildman–Crippen LogP) is 1.53. The van der Waals surface area contributed by atoms with Crippen LogP contribution in [0.5, 0.6) is 0 Å². The number of nitrogens with zero attached hydrogens (tertiary/aromatic N) is 1. The molecule has 0 radical (unpaired) electrons. The molecule has 0 rings (SSSR count). The van der Waals surface area contributed by atoms with Gasteiger partial charge in [-0.15, -0.1) is 11.6 Å². The molecule has 0 heterocycles. The summed E-state index contributed by atoms with van der Waals surface area (Å²) in [5.74, 6) is 0.613. The van der Waals surface area contributed by atoms with E-state index < -0.39 is 0 Å². The maximum atomic E-state index is 6.27. The molecule has 0 aromatic rings. The smallest absolute Gasteiger partial charge is 0.215 e. The van der Waals surface area contributed by atoms with Crippen LogP contribution >= 0.6 is 11.6 Å². The lowest BCUT2D eigenvalue weighted by atomic mass is 10.5. The molecule has 0 aromatic carbocycles. The van der Waals surface area contributed by atoms with Crippen molar-refractivity contribution in [1.82, 2.24) is 0 Å². The zero-order chi connectivity index (χ0) is 4.83. The zero-order valence-corrected chi connectivity index (χ0v) is 4.20. The highest BCUT2D eigenvalue weighted by atomic mass is 35.5. The SMILES string of the molecule is [C-]#[N+]CCCCl. The Morgan fingerprint density at radius 3 is 2.50 bits per heavy atom. The highest BCUT2D eigenvalue weighted by molar-refractivity contribution is 6.17. The largest absolute Gasteiger partial charge is 0.317 e. The van der Waals surface area contributed by atoms with E-state index in [1.807, 2.05) is 0 Å². The van der Waals surface area contributed by atoms with Crippen LogP contribution in [-0.4, -0.2) is 12.4 Å². The van der Waals surface area contributed by atoms with Gasteiger partial charge in [-0.25, -0.2) is 6.57 Å². The van der Waals surface area contributed by atoms with E-state index in [4.69, 9.17) is 18.2 Å². The summed E-state index contributed by atoms with van der Waals surface area (Å²) in [5, 5.41) is 0. The van der Waals surface area contributed by atoms with Crippen molar-refractivity contribution in [2.45, 2.75) is 6.42 Å². The number of rotatable bonds is 2. The first kappa shape index (κ1) is 5.78. The van der Waals surface area contributed by atoms with E-state index in [9.17, 15) is 0 Å². The van der Waals surface area contributed by atoms with E-state index in [0.29, 0.717) is 12.4 Å². The normalized spacial score (nSPS) is 7.33. The van der Waals surface area contributed by atoms with Crippen molar-refractivity contribution >= 4 is 11.6 Å². The lowest BCUT2D eigenvalue weighted by Crippen LogP contribution is -1.74. The van der Waals surface area contributed by atoms with Gasteiger partial charge in [0.05, 0.1) is 0 Å². The molecule has 1 nitrogen and oxygen atoms in total. The third kappa shape index (κ3) is 3.78. The minimum absolute atomic E-state index is 0.573. The molecule has 0 unspecified atom stereocenters. The van der Waals surface area contributed by atoms with Gasteiger partial charge in [-0.2, -0.15) is 0 Å². The number of hydrogen-bond acceptors (Lipinski definition) is 0. The molecule has 0 saturated heterocycles. The third-order valence-electron chi connectivity index (χ3n) is 0.404. The molecule has 2 heteroatoms. The second kappa shape index (κ2) is 4.78. The van der Waals surface area contributed by atoms with E-state index in [1.165, 1.54) is 0 Å². The van der Waals surface area contributed by atoms with Gasteiger partial charge in [0.25, 0.3) is 0 Å². The first-order valence-corrected chi connectivity index (χ1v) is 2.34. The molecule has 0 amide bonds. The maximum Gasteiger partial charge on any atom is 0.215 e. The molecule has 0 aliphatic heterocycles. The fourth-order valence-corrected chi connectivity index (χ4v) is 0.258. The van der Waals surface area contributed by atoms with E-state index in [2.05, 4.69) is 4.85 Å². The van der Waals surface area contributed by atoms with Crippen LogP contribution in [0.2, 0.25) is 0 Å². The molecule has 0 atom stereocenters. The Morgan fingerprint density at radius 1 is 1.67 bits per heavy atom. The Balaban J connectivity index is 2.54. The van der Waals surface area contributed by atoms with Crippen molar-refractivity contribution in [3.8, 4) is 0 Å². The third-order valence-corrected chi connectivity index (χ3v) is 0.671. The quantitative estimate of drug-likeness (QED) is 0.284. The molecular weight excluding hydrogens is 97.5 g/mol. The van der Waals surface area contributed by atoms with Gasteiger partial charge in [0.15, 0.2) is 0 Å². The lowest BCUT2D eigenvalue weighted by molar-refractivity contribution is 1.04. The summed E-state index contributed by atoms with van der Waals surface area (Å²) in [4.78, 5) is 3.09. The summed E-state index contributed by atoms with van der Waals surface area (Å²) in [6, 6.07) is 0. The molecule has 0 bridgehead atoms. The van der Waals surface area contributed by atoms with Crippen LogP contribution in [0.3, 0.4) is 0 Å². The minimum atomic E-state index is 0.573. The first-order chi connectivity index (χ1) is 2.91. The summed E-state index contributed by atoms with van der Waals surface area (Å²) < 4.78 is 0. The maximum absolute atomic E-state index is 6.27. The Kier molecular flexibility index (Phi) is 4.60. The van der Waals surface area contributed by atoms with Crippen molar-refractivity contribution < 1.29 is 0 Å². The van der Waals surface area contributed by atoms with Crippen LogP contribution in [0.1, 0.15) is 6.42 Å². The summed E-state index contributed by atoms with van der Waals surface area (Å²) in [7, 11) is 0. The van der Waals surface area contributed by atoms with Crippen molar-refractivity contribution in [2.24, 2.45) is 0 Å². The van der Waals surface area contributed by atoms with Gasteiger partial charge < -0.3 is 4.85 Å². The molecule has 0 fully saturated rings. The zero-order valence-electron chi connectivity index (χ0n) is 3.45. The van der Waals surface area contributed by atoms with Crippen LogP contribution in [0, 0.1) is 6.57 Å². The predicted molar refractivity (Wildman–Crippen MR) is 26.8 cm³/mol. The molecule has 0 aliphatic rings. The van der Waals surface area contributed by atoms with Gasteiger partial charge in [-0.3, -0.25) is 0 Å². The van der Waals surface area contributed by atoms with Crippen molar-refractivity contribution in [3.05, 3.63) is 11.4 Å². The van der Waals surface area contributed by atoms with Crippen LogP contribution in [-0.2, 0) is 0 Å². The highest BCUT2D eigenvalue weighted by Crippen LogP contribution is 1.82. The van der Waals surface area contributed by atoms with Crippen LogP contribution in [0.25, 0.3) is 4.85 Å². The van der Waals surface area contributed by atoms with Crippen LogP contribution in [0.15, 0.2) is 0 Å². The summed E-state index contributed by atoms with van der Waals surface area (Å²) >= 11 is 5.24. The number of hydrogen-bond donors (Lipinski definition) is 0. The van der Waals surface area contributed by atoms with Crippen molar-refractivity contribution in [1.29, 1.82) is 0 Å². The summed E-state index contributed by atoms with van der Waals surface area (Å²) in [5.41, 5.74) is 0. The average Bonchev–Trinajstić information content (AvgIpc) is 1.61. The molecule has 0 aromatic heterocycles. The molecular formula is C4H6ClN. The standard InChI is InChI=1S/C4H6ClN/c1-6-4-2-3-5/h2-4H2. The van der Waals surface area contributed by atoms with E-state index in [-0.39, 0.29) is 0 Å². The molecule has 0 N–H and O–H groups in total. The number of alkyl halides is 1. The average molecular weight is 104 g/mol. The Morgan fingerprint density at radius 2 is 2.33 bits per heavy atom. The fraction of sp³-hybridized carbons (Fsp3) is 0.750. The molecule has 0 aliphatic carbocycles.